The Bertz CT molecular complexity index is 1830. The second kappa shape index (κ2) is 11.9. The van der Waals surface area contributed by atoms with Crippen molar-refractivity contribution in [2.24, 2.45) is 5.92 Å². The van der Waals surface area contributed by atoms with Crippen LogP contribution in [0.3, 0.4) is 0 Å². The van der Waals surface area contributed by atoms with Gasteiger partial charge in [-0.25, -0.2) is 9.59 Å². The molecule has 0 aliphatic carbocycles. The molecular weight excluding hydrogens is 612 g/mol. The van der Waals surface area contributed by atoms with Crippen molar-refractivity contribution in [1.82, 2.24) is 4.90 Å². The summed E-state index contributed by atoms with van der Waals surface area (Å²) in [5.41, 5.74) is -0.828. The number of hydrogen-bond donors (Lipinski definition) is 0. The van der Waals surface area contributed by atoms with Gasteiger partial charge in [0.15, 0.2) is 11.6 Å². The van der Waals surface area contributed by atoms with Crippen LogP contribution in [-0.2, 0) is 40.6 Å². The zero-order chi connectivity index (χ0) is 32.7. The van der Waals surface area contributed by atoms with Gasteiger partial charge in [0.2, 0.25) is 5.91 Å². The van der Waals surface area contributed by atoms with Crippen LogP contribution in [0, 0.1) is 5.92 Å². The summed E-state index contributed by atoms with van der Waals surface area (Å²) >= 11 is 6.59. The largest absolute Gasteiger partial charge is 0.497 e. The summed E-state index contributed by atoms with van der Waals surface area (Å²) in [6.07, 6.45) is 2.35. The van der Waals surface area contributed by atoms with Crippen LogP contribution in [0.15, 0.2) is 96.3 Å². The molecule has 0 radical (unpaired) electrons. The van der Waals surface area contributed by atoms with Crippen molar-refractivity contribution in [2.75, 3.05) is 26.2 Å². The lowest BCUT2D eigenvalue weighted by Crippen LogP contribution is -2.65. The van der Waals surface area contributed by atoms with Crippen LogP contribution in [0.25, 0.3) is 0 Å². The Morgan fingerprint density at radius 1 is 0.913 bits per heavy atom. The highest BCUT2D eigenvalue weighted by Gasteiger charge is 2.68. The molecule has 0 saturated heterocycles. The second-order valence-electron chi connectivity index (χ2n) is 11.1. The number of halogens is 1. The van der Waals surface area contributed by atoms with E-state index in [0.717, 1.165) is 19.8 Å². The number of ether oxygens (including phenoxy) is 3. The van der Waals surface area contributed by atoms with Gasteiger partial charge in [-0.05, 0) is 59.7 Å². The van der Waals surface area contributed by atoms with Gasteiger partial charge < -0.3 is 24.0 Å². The average Bonchev–Trinajstić information content (AvgIpc) is 3.30. The number of fused-ring (bicyclic) bond motifs is 4. The molecule has 1 spiro atoms. The summed E-state index contributed by atoms with van der Waals surface area (Å²) < 4.78 is 15.6. The van der Waals surface area contributed by atoms with Gasteiger partial charge in [-0.15, -0.1) is 0 Å². The number of amides is 1. The van der Waals surface area contributed by atoms with E-state index < -0.39 is 41.0 Å². The molecule has 6 rings (SSSR count). The molecule has 3 aromatic rings. The number of hydrogen-bond acceptors (Lipinski definition) is 9. The van der Waals surface area contributed by atoms with Crippen LogP contribution in [0.5, 0.6) is 5.75 Å². The van der Waals surface area contributed by atoms with Gasteiger partial charge in [0.05, 0.1) is 45.4 Å². The smallest absolute Gasteiger partial charge is 0.355 e. The third kappa shape index (κ3) is 4.68. The Labute approximate surface area is 269 Å². The lowest BCUT2D eigenvalue weighted by molar-refractivity contribution is -0.144. The molecule has 1 unspecified atom stereocenters. The minimum absolute atomic E-state index is 0.122. The molecule has 10 nitrogen and oxygen atoms in total. The molecule has 46 heavy (non-hydrogen) atoms. The normalized spacial score (nSPS) is 21.7. The first kappa shape index (κ1) is 30.8. The van der Waals surface area contributed by atoms with Crippen LogP contribution in [0.1, 0.15) is 27.9 Å². The molecular formula is C35H29ClN2O8. The Morgan fingerprint density at radius 2 is 1.61 bits per heavy atom. The molecule has 0 saturated carbocycles. The lowest BCUT2D eigenvalue weighted by Gasteiger charge is -2.51. The molecule has 234 valence electrons. The van der Waals surface area contributed by atoms with E-state index >= 15 is 4.79 Å². The average molecular weight is 641 g/mol. The number of carbonyl (C=O) groups excluding carboxylic acids is 5. The van der Waals surface area contributed by atoms with Crippen LogP contribution in [0.4, 0.5) is 5.69 Å². The quantitative estimate of drug-likeness (QED) is 0.273. The summed E-state index contributed by atoms with van der Waals surface area (Å²) in [6.45, 7) is 0.122. The number of benzene rings is 3. The van der Waals surface area contributed by atoms with Gasteiger partial charge in [0, 0.05) is 28.9 Å². The fraction of sp³-hybridized carbons (Fsp3) is 0.229. The maximum Gasteiger partial charge on any atom is 0.355 e. The van der Waals surface area contributed by atoms with E-state index in [1.807, 2.05) is 30.3 Å². The zero-order valence-corrected chi connectivity index (χ0v) is 25.9. The standard InChI is InChI=1S/C35H29ClN2O8/c1-44-24-12-9-21(10-13-24)31(40)29-28(32(41)45-2)30(33(42)46-3)37-16-15-23(39)18-27(37)35(29)25-17-22(36)11-14-26(25)38(34(35)43)19-20-7-5-4-6-8-20/h4-17,27,29H,18-19H2,1-3H3/t27?,29-,35-/m1/s1. The fourth-order valence-electron chi connectivity index (χ4n) is 6.87. The number of esters is 2. The van der Waals surface area contributed by atoms with Crippen LogP contribution < -0.4 is 9.64 Å². The summed E-state index contributed by atoms with van der Waals surface area (Å²) in [4.78, 5) is 73.7. The van der Waals surface area contributed by atoms with Gasteiger partial charge in [-0.3, -0.25) is 14.4 Å². The van der Waals surface area contributed by atoms with Crippen molar-refractivity contribution < 1.29 is 38.2 Å². The lowest BCUT2D eigenvalue weighted by atomic mass is 9.57. The number of allylic oxidation sites excluding steroid dienone is 1. The highest BCUT2D eigenvalue weighted by Crippen LogP contribution is 2.58. The molecule has 3 aliphatic heterocycles. The van der Waals surface area contributed by atoms with E-state index in [0.29, 0.717) is 17.0 Å². The number of Topliss-reactive ketones (excluding diaryl/α,β-unsaturated/α-hetero) is 1. The van der Waals surface area contributed by atoms with E-state index in [-0.39, 0.29) is 40.6 Å². The minimum Gasteiger partial charge on any atom is -0.497 e. The number of anilines is 1. The van der Waals surface area contributed by atoms with Crippen molar-refractivity contribution in [3.63, 3.8) is 0 Å². The van der Waals surface area contributed by atoms with Crippen LogP contribution in [0.2, 0.25) is 5.02 Å². The van der Waals surface area contributed by atoms with Gasteiger partial charge in [-0.2, -0.15) is 0 Å². The summed E-state index contributed by atoms with van der Waals surface area (Å²) in [5.74, 6) is -4.62. The first-order valence-electron chi connectivity index (χ1n) is 14.4. The van der Waals surface area contributed by atoms with Crippen LogP contribution >= 0.6 is 11.6 Å². The molecule has 1 amide bonds. The summed E-state index contributed by atoms with van der Waals surface area (Å²) in [6, 6.07) is 19.2. The van der Waals surface area contributed by atoms with Crippen molar-refractivity contribution in [3.05, 3.63) is 118 Å². The van der Waals surface area contributed by atoms with Gasteiger partial charge >= 0.3 is 11.9 Å². The third-order valence-electron chi connectivity index (χ3n) is 8.83. The molecule has 0 aromatic heterocycles. The molecule has 3 heterocycles. The van der Waals surface area contributed by atoms with Gasteiger partial charge in [-0.1, -0.05) is 41.9 Å². The number of carbonyl (C=O) groups is 5. The van der Waals surface area contributed by atoms with E-state index in [2.05, 4.69) is 0 Å². The van der Waals surface area contributed by atoms with Crippen molar-refractivity contribution in [2.45, 2.75) is 24.4 Å². The Balaban J connectivity index is 1.72. The maximum absolute atomic E-state index is 15.3. The third-order valence-corrected chi connectivity index (χ3v) is 9.07. The molecule has 3 aliphatic rings. The molecule has 11 heteroatoms. The summed E-state index contributed by atoms with van der Waals surface area (Å²) in [7, 11) is 3.74. The predicted octanol–water partition coefficient (Wildman–Crippen LogP) is 4.40. The molecule has 0 N–H and O–H groups in total. The molecule has 0 fully saturated rings. The van der Waals surface area contributed by atoms with E-state index in [9.17, 15) is 19.2 Å². The van der Waals surface area contributed by atoms with E-state index in [4.69, 9.17) is 25.8 Å². The Kier molecular flexibility index (Phi) is 7.99. The number of nitrogens with zero attached hydrogens (tertiary/aromatic N) is 2. The first-order valence-corrected chi connectivity index (χ1v) is 14.8. The highest BCUT2D eigenvalue weighted by atomic mass is 35.5. The zero-order valence-electron chi connectivity index (χ0n) is 25.2. The number of ketones is 2. The minimum atomic E-state index is -1.91. The topological polar surface area (TPSA) is 120 Å². The van der Waals surface area contributed by atoms with Crippen molar-refractivity contribution >= 4 is 46.7 Å². The second-order valence-corrected chi connectivity index (χ2v) is 11.5. The number of rotatable bonds is 7. The predicted molar refractivity (Wildman–Crippen MR) is 167 cm³/mol. The SMILES string of the molecule is COC(=O)C1=C(C(=O)OC)N2C=CC(=O)CC2[C@@]2(C(=O)N(Cc3ccccc3)c3ccc(Cl)cc32)[C@H]1C(=O)c1ccc(OC)cc1. The monoisotopic (exact) mass is 640 g/mol. The first-order chi connectivity index (χ1) is 22.2. The Hall–Kier alpha value is -5.22. The molecule has 3 atom stereocenters. The van der Waals surface area contributed by atoms with Crippen molar-refractivity contribution in [1.29, 1.82) is 0 Å². The fourth-order valence-corrected chi connectivity index (χ4v) is 7.05. The molecule has 0 bridgehead atoms. The van der Waals surface area contributed by atoms with Crippen molar-refractivity contribution in [3.8, 4) is 5.75 Å². The number of methoxy groups -OCH3 is 3. The highest BCUT2D eigenvalue weighted by molar-refractivity contribution is 6.31. The Morgan fingerprint density at radius 3 is 2.26 bits per heavy atom. The van der Waals surface area contributed by atoms with Gasteiger partial charge in [0.1, 0.15) is 16.9 Å². The molecule has 3 aromatic carbocycles. The van der Waals surface area contributed by atoms with Crippen LogP contribution in [-0.4, -0.2) is 61.7 Å². The van der Waals surface area contributed by atoms with E-state index in [1.165, 1.54) is 41.3 Å². The van der Waals surface area contributed by atoms with E-state index in [1.54, 1.807) is 30.3 Å². The summed E-state index contributed by atoms with van der Waals surface area (Å²) in [5, 5.41) is 0.273. The maximum atomic E-state index is 15.3. The van der Waals surface area contributed by atoms with Gasteiger partial charge in [0.25, 0.3) is 0 Å².